The average Bonchev–Trinajstić information content (AvgIpc) is 3.31. The summed E-state index contributed by atoms with van der Waals surface area (Å²) in [6.07, 6.45) is 5.99. The molecule has 0 N–H and O–H groups in total. The number of hydrogen-bond acceptors (Lipinski definition) is 6. The highest BCUT2D eigenvalue weighted by Crippen LogP contribution is 2.52. The number of hydrogen-bond donors (Lipinski definition) is 0. The molecular formula is C24H36NO5-. The van der Waals surface area contributed by atoms with Gasteiger partial charge in [-0.15, -0.1) is 0 Å². The van der Waals surface area contributed by atoms with Gasteiger partial charge in [-0.25, -0.2) is 0 Å². The topological polar surface area (TPSA) is 92.5 Å². The molecule has 0 unspecified atom stereocenters. The third kappa shape index (κ3) is 6.08. The van der Waals surface area contributed by atoms with Gasteiger partial charge in [0, 0.05) is 23.4 Å². The Hall–Kier alpha value is -1.85. The lowest BCUT2D eigenvalue weighted by atomic mass is 9.69. The van der Waals surface area contributed by atoms with Crippen molar-refractivity contribution in [1.29, 1.82) is 0 Å². The van der Waals surface area contributed by atoms with Gasteiger partial charge in [-0.05, 0) is 83.5 Å². The molecule has 168 valence electrons. The van der Waals surface area contributed by atoms with E-state index in [1.165, 1.54) is 6.42 Å². The van der Waals surface area contributed by atoms with Crippen LogP contribution in [0.1, 0.15) is 121 Å². The van der Waals surface area contributed by atoms with Gasteiger partial charge in [0.2, 0.25) is 0 Å². The van der Waals surface area contributed by atoms with Crippen molar-refractivity contribution < 1.29 is 24.0 Å². The fraction of sp³-hybridized carbons (Fsp3) is 0.792. The van der Waals surface area contributed by atoms with Crippen molar-refractivity contribution in [2.24, 2.45) is 11.8 Å². The molecule has 2 fully saturated rings. The molecule has 0 aromatic carbocycles. The molecule has 2 aliphatic carbocycles. The molecule has 0 amide bonds. The summed E-state index contributed by atoms with van der Waals surface area (Å²) in [6, 6.07) is 0. The summed E-state index contributed by atoms with van der Waals surface area (Å²) >= 11 is 0. The Kier molecular flexibility index (Phi) is 6.93. The fourth-order valence-corrected chi connectivity index (χ4v) is 4.71. The second kappa shape index (κ2) is 9.11. The molecule has 3 rings (SSSR count). The van der Waals surface area contributed by atoms with Crippen LogP contribution in [0.2, 0.25) is 0 Å². The van der Waals surface area contributed by atoms with E-state index < -0.39 is 11.6 Å². The minimum Gasteiger partial charge on any atom is -0.550 e. The van der Waals surface area contributed by atoms with Crippen LogP contribution in [0.3, 0.4) is 0 Å². The third-order valence-corrected chi connectivity index (χ3v) is 6.10. The zero-order valence-electron chi connectivity index (χ0n) is 19.0. The first-order chi connectivity index (χ1) is 14.0. The minimum atomic E-state index is -1.11. The molecule has 30 heavy (non-hydrogen) atoms. The van der Waals surface area contributed by atoms with Crippen molar-refractivity contribution in [2.75, 3.05) is 0 Å². The van der Waals surface area contributed by atoms with Crippen LogP contribution in [-0.2, 0) is 14.3 Å². The SMILES string of the molecule is CC(C)CC1CC(c2onc([C@@H](CCC(=O)[O-])CC(=O)OC(C)(C)C)c2C2CC2)C1. The normalized spacial score (nSPS) is 22.6. The Morgan fingerprint density at radius 2 is 1.87 bits per heavy atom. The lowest BCUT2D eigenvalue weighted by molar-refractivity contribution is -0.305. The summed E-state index contributed by atoms with van der Waals surface area (Å²) in [5, 5.41) is 15.5. The highest BCUT2D eigenvalue weighted by molar-refractivity contribution is 5.71. The number of aromatic nitrogens is 1. The van der Waals surface area contributed by atoms with Gasteiger partial charge >= 0.3 is 5.97 Å². The van der Waals surface area contributed by atoms with Crippen LogP contribution in [0.25, 0.3) is 0 Å². The first-order valence-corrected chi connectivity index (χ1v) is 11.4. The quantitative estimate of drug-likeness (QED) is 0.522. The molecule has 0 saturated heterocycles. The van der Waals surface area contributed by atoms with Crippen molar-refractivity contribution in [1.82, 2.24) is 5.16 Å². The molecular weight excluding hydrogens is 382 g/mol. The molecule has 1 atom stereocenters. The second-order valence-corrected chi connectivity index (χ2v) is 10.7. The Labute approximate surface area is 179 Å². The van der Waals surface area contributed by atoms with Crippen molar-refractivity contribution in [3.8, 4) is 0 Å². The maximum Gasteiger partial charge on any atom is 0.306 e. The molecule has 1 aromatic heterocycles. The summed E-state index contributed by atoms with van der Waals surface area (Å²) in [7, 11) is 0. The number of ether oxygens (including phenoxy) is 1. The molecule has 0 radical (unpaired) electrons. The number of carbonyl (C=O) groups excluding carboxylic acids is 2. The zero-order chi connectivity index (χ0) is 22.1. The van der Waals surface area contributed by atoms with Gasteiger partial charge in [-0.1, -0.05) is 19.0 Å². The number of aliphatic carboxylic acids is 1. The number of esters is 1. The van der Waals surface area contributed by atoms with E-state index in [-0.39, 0.29) is 24.7 Å². The number of carbonyl (C=O) groups is 2. The maximum atomic E-state index is 12.5. The number of rotatable bonds is 10. The minimum absolute atomic E-state index is 0.108. The van der Waals surface area contributed by atoms with Gasteiger partial charge in [0.05, 0.1) is 12.1 Å². The predicted octanol–water partition coefficient (Wildman–Crippen LogP) is 4.44. The number of carboxylic acids is 1. The van der Waals surface area contributed by atoms with Crippen LogP contribution >= 0.6 is 0 Å². The summed E-state index contributed by atoms with van der Waals surface area (Å²) in [5.74, 6) is 1.48. The highest BCUT2D eigenvalue weighted by atomic mass is 16.6. The zero-order valence-corrected chi connectivity index (χ0v) is 19.0. The Morgan fingerprint density at radius 1 is 1.20 bits per heavy atom. The Morgan fingerprint density at radius 3 is 2.40 bits per heavy atom. The third-order valence-electron chi connectivity index (χ3n) is 6.10. The van der Waals surface area contributed by atoms with E-state index in [0.717, 1.165) is 48.6 Å². The highest BCUT2D eigenvalue weighted by Gasteiger charge is 2.41. The fourth-order valence-electron chi connectivity index (χ4n) is 4.71. The van der Waals surface area contributed by atoms with Gasteiger partial charge in [0.15, 0.2) is 0 Å². The van der Waals surface area contributed by atoms with Gasteiger partial charge in [-0.2, -0.15) is 0 Å². The van der Waals surface area contributed by atoms with E-state index in [9.17, 15) is 14.7 Å². The van der Waals surface area contributed by atoms with Crippen LogP contribution in [0.4, 0.5) is 0 Å². The van der Waals surface area contributed by atoms with Crippen LogP contribution < -0.4 is 5.11 Å². The summed E-state index contributed by atoms with van der Waals surface area (Å²) in [6.45, 7) is 10.0. The van der Waals surface area contributed by atoms with Crippen molar-refractivity contribution in [2.45, 2.75) is 109 Å². The smallest absolute Gasteiger partial charge is 0.306 e. The molecule has 1 heterocycles. The average molecular weight is 419 g/mol. The first-order valence-electron chi connectivity index (χ1n) is 11.4. The van der Waals surface area contributed by atoms with Crippen LogP contribution in [0.5, 0.6) is 0 Å². The van der Waals surface area contributed by atoms with Crippen molar-refractivity contribution in [3.05, 3.63) is 17.0 Å². The molecule has 6 nitrogen and oxygen atoms in total. The first kappa shape index (κ1) is 22.8. The Bertz CT molecular complexity index is 750. The molecule has 2 saturated carbocycles. The molecule has 1 aromatic rings. The number of nitrogens with zero attached hydrogens (tertiary/aromatic N) is 1. The summed E-state index contributed by atoms with van der Waals surface area (Å²) in [4.78, 5) is 23.6. The van der Waals surface area contributed by atoms with Gasteiger partial charge in [0.25, 0.3) is 0 Å². The van der Waals surface area contributed by atoms with Gasteiger partial charge in [0.1, 0.15) is 11.4 Å². The lowest BCUT2D eigenvalue weighted by Gasteiger charge is -2.35. The standard InChI is InChI=1S/C24H37NO5/c1-14(2)10-15-11-18(12-15)23-21(16-6-7-16)22(25-30-23)17(8-9-19(26)27)13-20(28)29-24(3,4)5/h14-18H,6-13H2,1-5H3,(H,26,27)/p-1/t15?,17-,18?/m0/s1. The van der Waals surface area contributed by atoms with Crippen LogP contribution in [0.15, 0.2) is 4.52 Å². The molecule has 0 spiro atoms. The summed E-state index contributed by atoms with van der Waals surface area (Å²) < 4.78 is 11.3. The lowest BCUT2D eigenvalue weighted by Crippen LogP contribution is -2.26. The Balaban J connectivity index is 1.78. The van der Waals surface area contributed by atoms with E-state index in [0.29, 0.717) is 24.2 Å². The van der Waals surface area contributed by atoms with E-state index in [1.807, 2.05) is 20.8 Å². The molecule has 6 heteroatoms. The summed E-state index contributed by atoms with van der Waals surface area (Å²) in [5.41, 5.74) is 1.34. The van der Waals surface area contributed by atoms with E-state index in [2.05, 4.69) is 19.0 Å². The second-order valence-electron chi connectivity index (χ2n) is 10.7. The van der Waals surface area contributed by atoms with E-state index in [4.69, 9.17) is 9.26 Å². The molecule has 0 aliphatic heterocycles. The van der Waals surface area contributed by atoms with Gasteiger partial charge in [-0.3, -0.25) is 4.79 Å². The van der Waals surface area contributed by atoms with E-state index in [1.54, 1.807) is 0 Å². The van der Waals surface area contributed by atoms with Gasteiger partial charge < -0.3 is 19.2 Å². The van der Waals surface area contributed by atoms with E-state index >= 15 is 0 Å². The molecule has 0 bridgehead atoms. The van der Waals surface area contributed by atoms with Crippen LogP contribution in [0, 0.1) is 11.8 Å². The molecule has 2 aliphatic rings. The number of carboxylic acid groups (broad SMARTS) is 1. The largest absolute Gasteiger partial charge is 0.550 e. The monoisotopic (exact) mass is 418 g/mol. The maximum absolute atomic E-state index is 12.5. The van der Waals surface area contributed by atoms with Crippen molar-refractivity contribution in [3.63, 3.8) is 0 Å². The van der Waals surface area contributed by atoms with Crippen LogP contribution in [-0.4, -0.2) is 22.7 Å². The predicted molar refractivity (Wildman–Crippen MR) is 111 cm³/mol. The van der Waals surface area contributed by atoms with Crippen molar-refractivity contribution >= 4 is 11.9 Å².